The zero-order chi connectivity index (χ0) is 13.5. The van der Waals surface area contributed by atoms with Crippen LogP contribution in [0.3, 0.4) is 0 Å². The standard InChI is InChI=1S/C13H18F2N2S/c1-9(2)8-17-13(18)16-4-3-10-5-11(14)7-12(15)6-10/h5-7,9H,3-4,8H2,1-2H3,(H2,16,17,18). The molecule has 2 nitrogen and oxygen atoms in total. The van der Waals surface area contributed by atoms with Crippen LogP contribution in [-0.2, 0) is 6.42 Å². The number of benzene rings is 1. The first-order valence-corrected chi connectivity index (χ1v) is 6.35. The molecule has 0 aliphatic carbocycles. The highest BCUT2D eigenvalue weighted by atomic mass is 32.1. The molecule has 0 amide bonds. The monoisotopic (exact) mass is 272 g/mol. The molecule has 0 heterocycles. The Hall–Kier alpha value is -1.23. The Labute approximate surface area is 112 Å². The summed E-state index contributed by atoms with van der Waals surface area (Å²) in [6.45, 7) is 5.53. The summed E-state index contributed by atoms with van der Waals surface area (Å²) in [5.74, 6) is -0.585. The van der Waals surface area contributed by atoms with Crippen LogP contribution in [0.15, 0.2) is 18.2 Å². The van der Waals surface area contributed by atoms with E-state index < -0.39 is 11.6 Å². The molecular formula is C13H18F2N2S. The first-order chi connectivity index (χ1) is 8.47. The number of halogens is 2. The fourth-order valence-corrected chi connectivity index (χ4v) is 1.62. The third kappa shape index (κ3) is 5.91. The van der Waals surface area contributed by atoms with Crippen LogP contribution in [0.2, 0.25) is 0 Å². The predicted octanol–water partition coefficient (Wildman–Crippen LogP) is 2.63. The maximum absolute atomic E-state index is 12.9. The van der Waals surface area contributed by atoms with Crippen molar-refractivity contribution in [1.29, 1.82) is 0 Å². The molecule has 0 radical (unpaired) electrons. The maximum Gasteiger partial charge on any atom is 0.166 e. The third-order valence-corrected chi connectivity index (χ3v) is 2.58. The van der Waals surface area contributed by atoms with E-state index in [0.717, 1.165) is 12.6 Å². The Morgan fingerprint density at radius 3 is 2.33 bits per heavy atom. The van der Waals surface area contributed by atoms with Gasteiger partial charge >= 0.3 is 0 Å². The van der Waals surface area contributed by atoms with Gasteiger partial charge < -0.3 is 10.6 Å². The van der Waals surface area contributed by atoms with Gasteiger partial charge in [0.25, 0.3) is 0 Å². The van der Waals surface area contributed by atoms with E-state index in [9.17, 15) is 8.78 Å². The Morgan fingerprint density at radius 1 is 1.17 bits per heavy atom. The lowest BCUT2D eigenvalue weighted by molar-refractivity contribution is 0.579. The molecule has 0 aliphatic rings. The highest BCUT2D eigenvalue weighted by molar-refractivity contribution is 7.80. The van der Waals surface area contributed by atoms with Crippen molar-refractivity contribution in [2.45, 2.75) is 20.3 Å². The molecule has 2 N–H and O–H groups in total. The van der Waals surface area contributed by atoms with E-state index >= 15 is 0 Å². The average Bonchev–Trinajstić information content (AvgIpc) is 2.25. The number of thiocarbonyl (C=S) groups is 1. The summed E-state index contributed by atoms with van der Waals surface area (Å²) < 4.78 is 25.8. The molecule has 1 aromatic rings. The lowest BCUT2D eigenvalue weighted by atomic mass is 10.1. The van der Waals surface area contributed by atoms with Crippen LogP contribution in [-0.4, -0.2) is 18.2 Å². The van der Waals surface area contributed by atoms with Crippen LogP contribution in [0.5, 0.6) is 0 Å². The fraction of sp³-hybridized carbons (Fsp3) is 0.462. The Bertz CT molecular complexity index is 388. The van der Waals surface area contributed by atoms with Crippen molar-refractivity contribution in [2.75, 3.05) is 13.1 Å². The van der Waals surface area contributed by atoms with E-state index in [-0.39, 0.29) is 0 Å². The summed E-state index contributed by atoms with van der Waals surface area (Å²) in [4.78, 5) is 0. The molecule has 0 spiro atoms. The Kier molecular flexibility index (Phi) is 5.98. The van der Waals surface area contributed by atoms with Gasteiger partial charge in [-0.1, -0.05) is 13.8 Å². The van der Waals surface area contributed by atoms with Gasteiger partial charge in [-0.3, -0.25) is 0 Å². The van der Waals surface area contributed by atoms with Gasteiger partial charge in [-0.25, -0.2) is 8.78 Å². The number of hydrogen-bond acceptors (Lipinski definition) is 1. The molecule has 5 heteroatoms. The second-order valence-corrected chi connectivity index (χ2v) is 4.97. The van der Waals surface area contributed by atoms with E-state index in [1.54, 1.807) is 0 Å². The van der Waals surface area contributed by atoms with Crippen molar-refractivity contribution in [2.24, 2.45) is 5.92 Å². The zero-order valence-electron chi connectivity index (χ0n) is 10.6. The largest absolute Gasteiger partial charge is 0.362 e. The van der Waals surface area contributed by atoms with Crippen molar-refractivity contribution in [3.63, 3.8) is 0 Å². The minimum atomic E-state index is -0.550. The van der Waals surface area contributed by atoms with Crippen molar-refractivity contribution in [3.8, 4) is 0 Å². The number of hydrogen-bond donors (Lipinski definition) is 2. The van der Waals surface area contributed by atoms with Gasteiger partial charge in [-0.05, 0) is 42.3 Å². The van der Waals surface area contributed by atoms with Crippen LogP contribution in [0, 0.1) is 17.6 Å². The smallest absolute Gasteiger partial charge is 0.166 e. The maximum atomic E-state index is 12.9. The molecular weight excluding hydrogens is 254 g/mol. The summed E-state index contributed by atoms with van der Waals surface area (Å²) >= 11 is 5.07. The van der Waals surface area contributed by atoms with Gasteiger partial charge in [0.2, 0.25) is 0 Å². The molecule has 0 aliphatic heterocycles. The van der Waals surface area contributed by atoms with Crippen LogP contribution in [0.4, 0.5) is 8.78 Å². The lowest BCUT2D eigenvalue weighted by Gasteiger charge is -2.12. The highest BCUT2D eigenvalue weighted by Gasteiger charge is 2.01. The van der Waals surface area contributed by atoms with E-state index in [2.05, 4.69) is 24.5 Å². The van der Waals surface area contributed by atoms with Gasteiger partial charge in [-0.2, -0.15) is 0 Å². The zero-order valence-corrected chi connectivity index (χ0v) is 11.4. The normalized spacial score (nSPS) is 10.5. The van der Waals surface area contributed by atoms with E-state index in [1.807, 2.05) is 0 Å². The molecule has 0 saturated heterocycles. The number of rotatable bonds is 5. The molecule has 1 aromatic carbocycles. The van der Waals surface area contributed by atoms with Gasteiger partial charge in [-0.15, -0.1) is 0 Å². The molecule has 100 valence electrons. The second kappa shape index (κ2) is 7.26. The van der Waals surface area contributed by atoms with Gasteiger partial charge in [0, 0.05) is 19.2 Å². The Morgan fingerprint density at radius 2 is 1.78 bits per heavy atom. The van der Waals surface area contributed by atoms with Crippen LogP contribution in [0.25, 0.3) is 0 Å². The van der Waals surface area contributed by atoms with E-state index in [4.69, 9.17) is 12.2 Å². The van der Waals surface area contributed by atoms with E-state index in [1.165, 1.54) is 12.1 Å². The van der Waals surface area contributed by atoms with Gasteiger partial charge in [0.05, 0.1) is 0 Å². The summed E-state index contributed by atoms with van der Waals surface area (Å²) in [5, 5.41) is 6.63. The molecule has 0 atom stereocenters. The van der Waals surface area contributed by atoms with E-state index in [0.29, 0.717) is 29.6 Å². The average molecular weight is 272 g/mol. The van der Waals surface area contributed by atoms with Crippen molar-refractivity contribution < 1.29 is 8.78 Å². The summed E-state index contributed by atoms with van der Waals surface area (Å²) in [6.07, 6.45) is 0.526. The van der Waals surface area contributed by atoms with Gasteiger partial charge in [0.15, 0.2) is 5.11 Å². The molecule has 1 rings (SSSR count). The molecule has 0 aromatic heterocycles. The minimum absolute atomic E-state index is 0.516. The van der Waals surface area contributed by atoms with Crippen LogP contribution in [0.1, 0.15) is 19.4 Å². The quantitative estimate of drug-likeness (QED) is 0.806. The summed E-state index contributed by atoms with van der Waals surface area (Å²) in [6, 6.07) is 3.52. The predicted molar refractivity (Wildman–Crippen MR) is 73.5 cm³/mol. The SMILES string of the molecule is CC(C)CNC(=S)NCCc1cc(F)cc(F)c1. The molecule has 0 fully saturated rings. The van der Waals surface area contributed by atoms with Crippen molar-refractivity contribution in [3.05, 3.63) is 35.4 Å². The van der Waals surface area contributed by atoms with Crippen molar-refractivity contribution >= 4 is 17.3 Å². The van der Waals surface area contributed by atoms with Crippen LogP contribution < -0.4 is 10.6 Å². The van der Waals surface area contributed by atoms with Crippen LogP contribution >= 0.6 is 12.2 Å². The molecule has 18 heavy (non-hydrogen) atoms. The fourth-order valence-electron chi connectivity index (χ4n) is 1.43. The Balaban J connectivity index is 2.30. The molecule has 0 saturated carbocycles. The highest BCUT2D eigenvalue weighted by Crippen LogP contribution is 2.07. The summed E-state index contributed by atoms with van der Waals surface area (Å²) in [7, 11) is 0. The summed E-state index contributed by atoms with van der Waals surface area (Å²) in [5.41, 5.74) is 0.617. The van der Waals surface area contributed by atoms with Crippen molar-refractivity contribution in [1.82, 2.24) is 10.6 Å². The first kappa shape index (κ1) is 14.8. The lowest BCUT2D eigenvalue weighted by Crippen LogP contribution is -2.38. The first-order valence-electron chi connectivity index (χ1n) is 5.94. The second-order valence-electron chi connectivity index (χ2n) is 4.56. The van der Waals surface area contributed by atoms with Gasteiger partial charge in [0.1, 0.15) is 11.6 Å². The topological polar surface area (TPSA) is 24.1 Å². The third-order valence-electron chi connectivity index (χ3n) is 2.29. The minimum Gasteiger partial charge on any atom is -0.362 e. The molecule has 0 bridgehead atoms. The molecule has 0 unspecified atom stereocenters. The number of nitrogens with one attached hydrogen (secondary N) is 2.